The molecular weight excluding hydrogens is 264 g/mol. The summed E-state index contributed by atoms with van der Waals surface area (Å²) < 4.78 is 5.34. The van der Waals surface area contributed by atoms with Gasteiger partial charge in [0.15, 0.2) is 0 Å². The number of aromatic nitrogens is 1. The van der Waals surface area contributed by atoms with Gasteiger partial charge in [0, 0.05) is 24.0 Å². The van der Waals surface area contributed by atoms with Crippen molar-refractivity contribution in [3.8, 4) is 5.75 Å². The van der Waals surface area contributed by atoms with Crippen LogP contribution in [0.5, 0.6) is 5.75 Å². The predicted octanol–water partition coefficient (Wildman–Crippen LogP) is 2.99. The molecule has 4 heteroatoms. The second-order valence-corrected chi connectivity index (χ2v) is 4.84. The number of aliphatic hydroxyl groups excluding tert-OH is 1. The molecule has 0 saturated heterocycles. The fourth-order valence-corrected chi connectivity index (χ4v) is 2.63. The van der Waals surface area contributed by atoms with E-state index in [2.05, 4.69) is 28.5 Å². The largest absolute Gasteiger partial charge is 0.495 e. The monoisotopic (exact) mass is 282 g/mol. The predicted molar refractivity (Wildman–Crippen MR) is 86.3 cm³/mol. The van der Waals surface area contributed by atoms with Crippen molar-refractivity contribution in [1.82, 2.24) is 4.98 Å². The lowest BCUT2D eigenvalue weighted by Gasteiger charge is -2.05. The molecule has 108 valence electrons. The van der Waals surface area contributed by atoms with Crippen LogP contribution in [-0.4, -0.2) is 30.4 Å². The van der Waals surface area contributed by atoms with Crippen LogP contribution in [-0.2, 0) is 0 Å². The third-order valence-electron chi connectivity index (χ3n) is 3.57. The zero-order valence-corrected chi connectivity index (χ0v) is 11.9. The van der Waals surface area contributed by atoms with E-state index in [1.807, 2.05) is 24.4 Å². The van der Waals surface area contributed by atoms with Crippen molar-refractivity contribution in [3.05, 3.63) is 53.4 Å². The highest BCUT2D eigenvalue weighted by Gasteiger charge is 2.18. The molecule has 1 aliphatic rings. The van der Waals surface area contributed by atoms with Gasteiger partial charge in [-0.05, 0) is 29.3 Å². The lowest BCUT2D eigenvalue weighted by Crippen LogP contribution is -1.92. The Kier molecular flexibility index (Phi) is 3.79. The van der Waals surface area contributed by atoms with Crippen LogP contribution in [0.2, 0.25) is 0 Å². The normalized spacial score (nSPS) is 15.4. The molecule has 0 radical (unpaired) electrons. The minimum Gasteiger partial charge on any atom is -0.495 e. The van der Waals surface area contributed by atoms with Crippen LogP contribution in [0, 0.1) is 0 Å². The molecule has 4 nitrogen and oxygen atoms in total. The number of hydrogen-bond acceptors (Lipinski definition) is 3. The van der Waals surface area contributed by atoms with E-state index in [0.29, 0.717) is 0 Å². The van der Waals surface area contributed by atoms with E-state index >= 15 is 0 Å². The maximum Gasteiger partial charge on any atom is 0.143 e. The lowest BCUT2D eigenvalue weighted by atomic mass is 9.99. The van der Waals surface area contributed by atoms with Crippen molar-refractivity contribution in [2.24, 2.45) is 0 Å². The Morgan fingerprint density at radius 1 is 1.33 bits per heavy atom. The van der Waals surface area contributed by atoms with Crippen molar-refractivity contribution >= 4 is 23.4 Å². The first-order chi connectivity index (χ1) is 10.3. The first-order valence-electron chi connectivity index (χ1n) is 6.90. The van der Waals surface area contributed by atoms with Gasteiger partial charge in [0.05, 0.1) is 19.4 Å². The van der Waals surface area contributed by atoms with E-state index in [-0.39, 0.29) is 6.61 Å². The summed E-state index contributed by atoms with van der Waals surface area (Å²) in [5.74, 6) is 0.833. The van der Waals surface area contributed by atoms with Gasteiger partial charge in [-0.15, -0.1) is 0 Å². The smallest absolute Gasteiger partial charge is 0.143 e. The summed E-state index contributed by atoms with van der Waals surface area (Å²) in [5, 5.41) is 12.4. The Hall–Kier alpha value is -2.46. The van der Waals surface area contributed by atoms with E-state index < -0.39 is 0 Å². The molecule has 2 heterocycles. The highest BCUT2D eigenvalue weighted by Crippen LogP contribution is 2.36. The number of fused-ring (bicyclic) bond motifs is 1. The Morgan fingerprint density at radius 2 is 2.24 bits per heavy atom. The quantitative estimate of drug-likeness (QED) is 0.808. The second-order valence-electron chi connectivity index (χ2n) is 4.84. The molecule has 1 aromatic carbocycles. The van der Waals surface area contributed by atoms with E-state index in [0.717, 1.165) is 29.2 Å². The summed E-state index contributed by atoms with van der Waals surface area (Å²) in [7, 11) is 1.67. The van der Waals surface area contributed by atoms with Crippen LogP contribution >= 0.6 is 0 Å². The zero-order chi connectivity index (χ0) is 14.7. The van der Waals surface area contributed by atoms with Gasteiger partial charge >= 0.3 is 0 Å². The van der Waals surface area contributed by atoms with Gasteiger partial charge in [0.25, 0.3) is 0 Å². The fourth-order valence-electron chi connectivity index (χ4n) is 2.63. The number of H-pyrrole nitrogens is 1. The number of ether oxygens (including phenoxy) is 1. The second kappa shape index (κ2) is 5.89. The molecule has 0 bridgehead atoms. The molecule has 3 N–H and O–H groups in total. The molecular formula is C17H18N2O2. The molecule has 1 aromatic heterocycles. The Morgan fingerprint density at radius 3 is 3.05 bits per heavy atom. The van der Waals surface area contributed by atoms with Crippen LogP contribution in [0.1, 0.15) is 16.8 Å². The highest BCUT2D eigenvalue weighted by molar-refractivity contribution is 5.96. The number of methoxy groups -OCH3 is 1. The van der Waals surface area contributed by atoms with Crippen molar-refractivity contribution in [1.29, 1.82) is 0 Å². The van der Waals surface area contributed by atoms with Gasteiger partial charge in [-0.1, -0.05) is 24.3 Å². The van der Waals surface area contributed by atoms with E-state index in [1.54, 1.807) is 13.2 Å². The van der Waals surface area contributed by atoms with Crippen LogP contribution in [0.25, 0.3) is 17.7 Å². The maximum atomic E-state index is 8.98. The van der Waals surface area contributed by atoms with Gasteiger partial charge in [-0.2, -0.15) is 0 Å². The first-order valence-corrected chi connectivity index (χ1v) is 6.90. The van der Waals surface area contributed by atoms with Crippen molar-refractivity contribution in [3.63, 3.8) is 0 Å². The third-order valence-corrected chi connectivity index (χ3v) is 3.57. The SMILES string of the molecule is COc1cc[nH]c1C=C1CNc2cccc(C=CCO)c21. The number of rotatable bonds is 4. The molecule has 0 fully saturated rings. The zero-order valence-electron chi connectivity index (χ0n) is 11.9. The van der Waals surface area contributed by atoms with Crippen LogP contribution in [0.15, 0.2) is 36.5 Å². The van der Waals surface area contributed by atoms with Crippen molar-refractivity contribution in [2.45, 2.75) is 0 Å². The summed E-state index contributed by atoms with van der Waals surface area (Å²) in [5.41, 5.74) is 5.56. The standard InChI is InChI=1S/C17H18N2O2/c1-21-16-7-8-18-15(16)10-13-11-19-14-6-2-4-12(17(13)14)5-3-9-20/h2-8,10,18-20H,9,11H2,1H3. The van der Waals surface area contributed by atoms with E-state index in [1.165, 1.54) is 11.1 Å². The molecule has 0 atom stereocenters. The van der Waals surface area contributed by atoms with Gasteiger partial charge in [0.2, 0.25) is 0 Å². The topological polar surface area (TPSA) is 57.3 Å². The summed E-state index contributed by atoms with van der Waals surface area (Å²) in [6.45, 7) is 0.822. The maximum absolute atomic E-state index is 8.98. The molecule has 21 heavy (non-hydrogen) atoms. The van der Waals surface area contributed by atoms with Crippen LogP contribution < -0.4 is 10.1 Å². The minimum atomic E-state index is 0.0423. The molecule has 3 rings (SSSR count). The Bertz CT molecular complexity index is 699. The number of aliphatic hydroxyl groups is 1. The average molecular weight is 282 g/mol. The first kappa shape index (κ1) is 13.5. The number of nitrogens with one attached hydrogen (secondary N) is 2. The number of hydrogen-bond donors (Lipinski definition) is 3. The van der Waals surface area contributed by atoms with Crippen LogP contribution in [0.4, 0.5) is 5.69 Å². The molecule has 0 unspecified atom stereocenters. The summed E-state index contributed by atoms with van der Waals surface area (Å²) >= 11 is 0. The molecule has 0 spiro atoms. The fraction of sp³-hybridized carbons (Fsp3) is 0.176. The van der Waals surface area contributed by atoms with Crippen molar-refractivity contribution < 1.29 is 9.84 Å². The third kappa shape index (κ3) is 2.58. The molecule has 0 amide bonds. The van der Waals surface area contributed by atoms with E-state index in [9.17, 15) is 0 Å². The number of anilines is 1. The van der Waals surface area contributed by atoms with Gasteiger partial charge < -0.3 is 20.1 Å². The van der Waals surface area contributed by atoms with Gasteiger partial charge in [-0.25, -0.2) is 0 Å². The minimum absolute atomic E-state index is 0.0423. The van der Waals surface area contributed by atoms with Gasteiger partial charge in [0.1, 0.15) is 5.75 Å². The molecule has 2 aromatic rings. The van der Waals surface area contributed by atoms with Gasteiger partial charge in [-0.3, -0.25) is 0 Å². The van der Waals surface area contributed by atoms with Crippen molar-refractivity contribution in [2.75, 3.05) is 25.6 Å². The summed E-state index contributed by atoms with van der Waals surface area (Å²) in [4.78, 5) is 3.19. The summed E-state index contributed by atoms with van der Waals surface area (Å²) in [6.07, 6.45) is 7.67. The van der Waals surface area contributed by atoms with Crippen LogP contribution in [0.3, 0.4) is 0 Å². The average Bonchev–Trinajstić information content (AvgIpc) is 3.13. The highest BCUT2D eigenvalue weighted by atomic mass is 16.5. The molecule has 0 aliphatic carbocycles. The Balaban J connectivity index is 2.05. The Labute approximate surface area is 123 Å². The lowest BCUT2D eigenvalue weighted by molar-refractivity contribution is 0.343. The summed E-state index contributed by atoms with van der Waals surface area (Å²) in [6, 6.07) is 8.05. The molecule has 0 saturated carbocycles. The number of aromatic amines is 1. The van der Waals surface area contributed by atoms with E-state index in [4.69, 9.17) is 9.84 Å². The molecule has 1 aliphatic heterocycles. The number of benzene rings is 1.